The van der Waals surface area contributed by atoms with Crippen LogP contribution in [0.1, 0.15) is 5.56 Å². The highest BCUT2D eigenvalue weighted by Crippen LogP contribution is 2.34. The number of hydrogen-bond donors (Lipinski definition) is 0. The van der Waals surface area contributed by atoms with E-state index in [2.05, 4.69) is 38.1 Å². The molecule has 1 fully saturated rings. The van der Waals surface area contributed by atoms with E-state index in [4.69, 9.17) is 9.47 Å². The number of nitrogens with zero attached hydrogens (tertiary/aromatic N) is 4. The van der Waals surface area contributed by atoms with Gasteiger partial charge in [0.1, 0.15) is 17.0 Å². The molecule has 3 aromatic rings. The third kappa shape index (κ3) is 2.92. The molecule has 0 atom stereocenters. The predicted octanol–water partition coefficient (Wildman–Crippen LogP) is 3.34. The number of ether oxygens (including phenoxy) is 2. The van der Waals surface area contributed by atoms with E-state index >= 15 is 0 Å². The summed E-state index contributed by atoms with van der Waals surface area (Å²) in [5.41, 5.74) is 2.41. The minimum absolute atomic E-state index is 0.756. The van der Waals surface area contributed by atoms with Crippen LogP contribution in [0.4, 0.5) is 11.5 Å². The molecule has 1 saturated heterocycles. The summed E-state index contributed by atoms with van der Waals surface area (Å²) in [7, 11) is 3.33. The molecule has 0 bridgehead atoms. The zero-order valence-electron chi connectivity index (χ0n) is 15.2. The van der Waals surface area contributed by atoms with Gasteiger partial charge in [-0.25, -0.2) is 9.97 Å². The molecule has 0 aliphatic carbocycles. The quantitative estimate of drug-likeness (QED) is 0.702. The summed E-state index contributed by atoms with van der Waals surface area (Å²) in [5.74, 6) is 2.57. The number of methoxy groups -OCH3 is 2. The first kappa shape index (κ1) is 16.9. The van der Waals surface area contributed by atoms with Crippen molar-refractivity contribution < 1.29 is 9.47 Å². The Labute approximate surface area is 157 Å². The Morgan fingerprint density at radius 2 is 1.69 bits per heavy atom. The summed E-state index contributed by atoms with van der Waals surface area (Å²) in [6.07, 6.45) is 1.67. The highest BCUT2D eigenvalue weighted by molar-refractivity contribution is 7.17. The molecule has 7 heteroatoms. The van der Waals surface area contributed by atoms with Gasteiger partial charge < -0.3 is 19.3 Å². The maximum absolute atomic E-state index is 5.43. The topological polar surface area (TPSA) is 50.7 Å². The van der Waals surface area contributed by atoms with Crippen LogP contribution in [0, 0.1) is 6.92 Å². The summed E-state index contributed by atoms with van der Waals surface area (Å²) >= 11 is 1.68. The van der Waals surface area contributed by atoms with Crippen molar-refractivity contribution in [2.45, 2.75) is 6.92 Å². The lowest BCUT2D eigenvalue weighted by Crippen LogP contribution is -2.46. The van der Waals surface area contributed by atoms with Gasteiger partial charge in [0, 0.05) is 37.9 Å². The Bertz CT molecular complexity index is 919. The number of benzene rings is 1. The van der Waals surface area contributed by atoms with E-state index in [0.29, 0.717) is 0 Å². The van der Waals surface area contributed by atoms with Crippen molar-refractivity contribution in [1.82, 2.24) is 9.97 Å². The van der Waals surface area contributed by atoms with Gasteiger partial charge in [-0.05, 0) is 30.0 Å². The fraction of sp³-hybridized carbons (Fsp3) is 0.368. The average molecular weight is 370 g/mol. The van der Waals surface area contributed by atoms with Gasteiger partial charge >= 0.3 is 0 Å². The third-order valence-corrected chi connectivity index (χ3v) is 5.85. The van der Waals surface area contributed by atoms with Gasteiger partial charge in [-0.2, -0.15) is 0 Å². The molecule has 1 aromatic carbocycles. The fourth-order valence-electron chi connectivity index (χ4n) is 3.44. The van der Waals surface area contributed by atoms with E-state index in [1.165, 1.54) is 10.9 Å². The normalized spacial score (nSPS) is 14.7. The van der Waals surface area contributed by atoms with Crippen molar-refractivity contribution >= 4 is 33.1 Å². The van der Waals surface area contributed by atoms with Crippen molar-refractivity contribution in [2.24, 2.45) is 0 Å². The lowest BCUT2D eigenvalue weighted by atomic mass is 10.2. The van der Waals surface area contributed by atoms with Crippen LogP contribution < -0.4 is 19.3 Å². The molecule has 2 aromatic heterocycles. The number of fused-ring (bicyclic) bond motifs is 1. The number of thiophene rings is 1. The van der Waals surface area contributed by atoms with Crippen molar-refractivity contribution in [2.75, 3.05) is 50.2 Å². The molecule has 3 heterocycles. The van der Waals surface area contributed by atoms with Gasteiger partial charge in [0.25, 0.3) is 0 Å². The third-order valence-electron chi connectivity index (χ3n) is 4.85. The van der Waals surface area contributed by atoms with Crippen LogP contribution in [0.5, 0.6) is 11.5 Å². The summed E-state index contributed by atoms with van der Waals surface area (Å²) < 4.78 is 10.8. The minimum Gasteiger partial charge on any atom is -0.493 e. The highest BCUT2D eigenvalue weighted by Gasteiger charge is 2.22. The van der Waals surface area contributed by atoms with Gasteiger partial charge in [0.05, 0.1) is 19.6 Å². The Morgan fingerprint density at radius 1 is 0.962 bits per heavy atom. The van der Waals surface area contributed by atoms with Crippen LogP contribution in [0.15, 0.2) is 29.9 Å². The average Bonchev–Trinajstić information content (AvgIpc) is 3.09. The van der Waals surface area contributed by atoms with Crippen LogP contribution in [-0.4, -0.2) is 50.4 Å². The molecule has 1 aliphatic heterocycles. The van der Waals surface area contributed by atoms with Crippen LogP contribution in [0.25, 0.3) is 10.2 Å². The van der Waals surface area contributed by atoms with Crippen molar-refractivity contribution in [3.8, 4) is 11.5 Å². The van der Waals surface area contributed by atoms with Crippen molar-refractivity contribution in [3.05, 3.63) is 35.5 Å². The van der Waals surface area contributed by atoms with E-state index in [1.54, 1.807) is 31.9 Å². The summed E-state index contributed by atoms with van der Waals surface area (Å²) in [6, 6.07) is 6.09. The maximum Gasteiger partial charge on any atom is 0.162 e. The van der Waals surface area contributed by atoms with Crippen LogP contribution in [0.2, 0.25) is 0 Å². The number of anilines is 2. The van der Waals surface area contributed by atoms with E-state index in [1.807, 2.05) is 12.1 Å². The predicted molar refractivity (Wildman–Crippen MR) is 106 cm³/mol. The molecule has 136 valence electrons. The Hall–Kier alpha value is -2.54. The first-order valence-corrected chi connectivity index (χ1v) is 9.50. The smallest absolute Gasteiger partial charge is 0.162 e. The van der Waals surface area contributed by atoms with E-state index in [9.17, 15) is 0 Å². The Morgan fingerprint density at radius 3 is 2.42 bits per heavy atom. The SMILES string of the molecule is COc1ccc(N2CCN(c3ncnc4scc(C)c34)CC2)cc1OC. The monoisotopic (exact) mass is 370 g/mol. The molecular formula is C19H22N4O2S. The number of piperazine rings is 1. The largest absolute Gasteiger partial charge is 0.493 e. The van der Waals surface area contributed by atoms with Crippen LogP contribution >= 0.6 is 11.3 Å². The summed E-state index contributed by atoms with van der Waals surface area (Å²) in [5, 5.41) is 3.35. The van der Waals surface area contributed by atoms with E-state index < -0.39 is 0 Å². The molecule has 0 radical (unpaired) electrons. The first-order chi connectivity index (χ1) is 12.7. The fourth-order valence-corrected chi connectivity index (χ4v) is 4.32. The van der Waals surface area contributed by atoms with Gasteiger partial charge in [0.15, 0.2) is 11.5 Å². The second-order valence-electron chi connectivity index (χ2n) is 6.31. The maximum atomic E-state index is 5.43. The highest BCUT2D eigenvalue weighted by atomic mass is 32.1. The molecule has 0 spiro atoms. The van der Waals surface area contributed by atoms with Gasteiger partial charge in [-0.3, -0.25) is 0 Å². The Balaban J connectivity index is 1.53. The standard InChI is InChI=1S/C19H22N4O2S/c1-13-11-26-19-17(13)18(20-12-21-19)23-8-6-22(7-9-23)14-4-5-15(24-2)16(10-14)25-3/h4-5,10-12H,6-9H2,1-3H3. The van der Waals surface area contributed by atoms with E-state index in [-0.39, 0.29) is 0 Å². The van der Waals surface area contributed by atoms with Crippen molar-refractivity contribution in [3.63, 3.8) is 0 Å². The Kier molecular flexibility index (Phi) is 4.55. The lowest BCUT2D eigenvalue weighted by Gasteiger charge is -2.37. The van der Waals surface area contributed by atoms with Gasteiger partial charge in [0.2, 0.25) is 0 Å². The van der Waals surface area contributed by atoms with Crippen LogP contribution in [0.3, 0.4) is 0 Å². The number of rotatable bonds is 4. The molecule has 26 heavy (non-hydrogen) atoms. The molecule has 0 N–H and O–H groups in total. The van der Waals surface area contributed by atoms with Gasteiger partial charge in [-0.15, -0.1) is 11.3 Å². The van der Waals surface area contributed by atoms with Crippen molar-refractivity contribution in [1.29, 1.82) is 0 Å². The first-order valence-electron chi connectivity index (χ1n) is 8.62. The zero-order chi connectivity index (χ0) is 18.1. The lowest BCUT2D eigenvalue weighted by molar-refractivity contribution is 0.355. The second-order valence-corrected chi connectivity index (χ2v) is 7.17. The zero-order valence-corrected chi connectivity index (χ0v) is 16.0. The number of hydrogen-bond acceptors (Lipinski definition) is 7. The number of aromatic nitrogens is 2. The van der Waals surface area contributed by atoms with Crippen LogP contribution in [-0.2, 0) is 0 Å². The molecular weight excluding hydrogens is 348 g/mol. The molecule has 0 unspecified atom stereocenters. The molecule has 1 aliphatic rings. The molecule has 0 saturated carbocycles. The molecule has 6 nitrogen and oxygen atoms in total. The van der Waals surface area contributed by atoms with Gasteiger partial charge in [-0.1, -0.05) is 0 Å². The summed E-state index contributed by atoms with van der Waals surface area (Å²) in [6.45, 7) is 5.85. The molecule has 0 amide bonds. The summed E-state index contributed by atoms with van der Waals surface area (Å²) in [4.78, 5) is 14.8. The number of aryl methyl sites for hydroxylation is 1. The molecule has 4 rings (SSSR count). The minimum atomic E-state index is 0.756. The van der Waals surface area contributed by atoms with E-state index in [0.717, 1.165) is 54.0 Å². The second kappa shape index (κ2) is 6.99.